The summed E-state index contributed by atoms with van der Waals surface area (Å²) in [6.45, 7) is 8.41. The number of anilines is 1. The summed E-state index contributed by atoms with van der Waals surface area (Å²) in [6.07, 6.45) is 6.23. The Morgan fingerprint density at radius 3 is 2.87 bits per heavy atom. The van der Waals surface area contributed by atoms with Crippen LogP contribution in [-0.4, -0.2) is 39.5 Å². The van der Waals surface area contributed by atoms with Crippen LogP contribution in [-0.2, 0) is 19.6 Å². The average Bonchev–Trinajstić information content (AvgIpc) is 2.73. The van der Waals surface area contributed by atoms with E-state index < -0.39 is 0 Å². The fourth-order valence-electron chi connectivity index (χ4n) is 3.87. The fourth-order valence-corrected chi connectivity index (χ4v) is 3.87. The molecule has 1 aliphatic heterocycles. The molecule has 7 heteroatoms. The van der Waals surface area contributed by atoms with Crippen molar-refractivity contribution in [1.82, 2.24) is 19.9 Å². The van der Waals surface area contributed by atoms with Crippen LogP contribution in [0.25, 0.3) is 11.3 Å². The Morgan fingerprint density at radius 2 is 2.06 bits per heavy atom. The van der Waals surface area contributed by atoms with Crippen LogP contribution in [0, 0.1) is 6.92 Å². The van der Waals surface area contributed by atoms with E-state index in [1.807, 2.05) is 19.9 Å². The number of aromatic nitrogens is 3. The van der Waals surface area contributed by atoms with Gasteiger partial charge in [-0.05, 0) is 69.1 Å². The van der Waals surface area contributed by atoms with Crippen molar-refractivity contribution in [2.24, 2.45) is 0 Å². The lowest BCUT2D eigenvalue weighted by Crippen LogP contribution is -2.27. The number of likely N-dealkylation sites (N-methyl/N-ethyl adjacent to an activating group) is 1. The second-order valence-corrected chi connectivity index (χ2v) is 8.30. The largest absolute Gasteiger partial charge is 0.489 e. The second-order valence-electron chi connectivity index (χ2n) is 8.30. The number of hydrogen-bond acceptors (Lipinski definition) is 7. The smallest absolute Gasteiger partial charge is 0.258 e. The molecule has 0 bridgehead atoms. The summed E-state index contributed by atoms with van der Waals surface area (Å²) in [7, 11) is 2.15. The van der Waals surface area contributed by atoms with Gasteiger partial charge in [0, 0.05) is 30.4 Å². The van der Waals surface area contributed by atoms with Crippen LogP contribution in [0.3, 0.4) is 0 Å². The van der Waals surface area contributed by atoms with Crippen LogP contribution in [0.15, 0.2) is 36.8 Å². The number of nitrogens with zero attached hydrogens (tertiary/aromatic N) is 4. The lowest BCUT2D eigenvalue weighted by Gasteiger charge is -2.27. The number of rotatable bonds is 6. The average molecular weight is 420 g/mol. The zero-order valence-corrected chi connectivity index (χ0v) is 18.6. The Hall–Kier alpha value is -3.19. The topological polar surface area (TPSA) is 86.4 Å². The normalized spacial score (nSPS) is 13.8. The first kappa shape index (κ1) is 21.1. The molecule has 3 heterocycles. The number of nitrogen functional groups attached to an aromatic ring is 1. The molecule has 0 spiro atoms. The summed E-state index contributed by atoms with van der Waals surface area (Å²) in [5.41, 5.74) is 12.8. The van der Waals surface area contributed by atoms with Crippen molar-refractivity contribution in [1.29, 1.82) is 0 Å². The van der Waals surface area contributed by atoms with Crippen molar-refractivity contribution in [3.63, 3.8) is 0 Å². The van der Waals surface area contributed by atoms with Gasteiger partial charge in [-0.15, -0.1) is 0 Å². The SMILES string of the molecule is Cc1cc(-c2cnc(N)c(OCc3ccncc3OC(C)C)n2)cc2c1CCN(C)C2. The minimum Gasteiger partial charge on any atom is -0.489 e. The molecule has 0 fully saturated rings. The molecule has 0 radical (unpaired) electrons. The molecule has 2 N–H and O–H groups in total. The molecule has 3 aromatic rings. The third-order valence-corrected chi connectivity index (χ3v) is 5.41. The molecule has 4 rings (SSSR count). The number of hydrogen-bond donors (Lipinski definition) is 1. The predicted molar refractivity (Wildman–Crippen MR) is 121 cm³/mol. The zero-order chi connectivity index (χ0) is 22.0. The molecule has 0 saturated heterocycles. The van der Waals surface area contributed by atoms with E-state index in [1.54, 1.807) is 18.6 Å². The summed E-state index contributed by atoms with van der Waals surface area (Å²) < 4.78 is 11.8. The molecular formula is C24H29N5O2. The Kier molecular flexibility index (Phi) is 6.04. The van der Waals surface area contributed by atoms with E-state index in [0.29, 0.717) is 11.6 Å². The van der Waals surface area contributed by atoms with Crippen molar-refractivity contribution < 1.29 is 9.47 Å². The quantitative estimate of drug-likeness (QED) is 0.650. The van der Waals surface area contributed by atoms with Crippen molar-refractivity contribution in [2.45, 2.75) is 46.4 Å². The van der Waals surface area contributed by atoms with Gasteiger partial charge in [0.1, 0.15) is 12.4 Å². The molecule has 0 unspecified atom stereocenters. The number of fused-ring (bicyclic) bond motifs is 1. The monoisotopic (exact) mass is 419 g/mol. The zero-order valence-electron chi connectivity index (χ0n) is 18.6. The number of aryl methyl sites for hydroxylation is 1. The van der Waals surface area contributed by atoms with E-state index in [-0.39, 0.29) is 18.5 Å². The third-order valence-electron chi connectivity index (χ3n) is 5.41. The Labute approximate surface area is 183 Å². The number of benzene rings is 1. The van der Waals surface area contributed by atoms with Crippen LogP contribution in [0.5, 0.6) is 11.6 Å². The summed E-state index contributed by atoms with van der Waals surface area (Å²) in [6, 6.07) is 6.25. The molecule has 0 atom stereocenters. The maximum absolute atomic E-state index is 6.06. The first-order valence-electron chi connectivity index (χ1n) is 10.6. The number of nitrogens with two attached hydrogens (primary N) is 1. The highest BCUT2D eigenvalue weighted by Gasteiger charge is 2.18. The van der Waals surface area contributed by atoms with E-state index in [1.165, 1.54) is 16.7 Å². The van der Waals surface area contributed by atoms with Crippen LogP contribution >= 0.6 is 0 Å². The minimum absolute atomic E-state index is 0.0439. The van der Waals surface area contributed by atoms with Gasteiger partial charge in [0.2, 0.25) is 0 Å². The molecule has 0 amide bonds. The molecule has 1 aromatic carbocycles. The Balaban J connectivity index is 1.59. The van der Waals surface area contributed by atoms with Gasteiger partial charge in [-0.3, -0.25) is 4.98 Å². The van der Waals surface area contributed by atoms with Crippen molar-refractivity contribution in [2.75, 3.05) is 19.3 Å². The molecule has 162 valence electrons. The number of pyridine rings is 1. The van der Waals surface area contributed by atoms with Gasteiger partial charge in [-0.2, -0.15) is 0 Å². The maximum Gasteiger partial charge on any atom is 0.258 e. The highest BCUT2D eigenvalue weighted by Crippen LogP contribution is 2.30. The molecule has 1 aliphatic rings. The Morgan fingerprint density at radius 1 is 1.23 bits per heavy atom. The molecule has 2 aromatic heterocycles. The van der Waals surface area contributed by atoms with Gasteiger partial charge < -0.3 is 20.1 Å². The first-order chi connectivity index (χ1) is 14.9. The van der Waals surface area contributed by atoms with Gasteiger partial charge in [0.25, 0.3) is 5.88 Å². The molecule has 0 aliphatic carbocycles. The van der Waals surface area contributed by atoms with Gasteiger partial charge in [-0.1, -0.05) is 0 Å². The summed E-state index contributed by atoms with van der Waals surface area (Å²) in [4.78, 5) is 15.5. The van der Waals surface area contributed by atoms with E-state index in [0.717, 1.165) is 36.3 Å². The Bertz CT molecular complexity index is 1080. The first-order valence-corrected chi connectivity index (χ1v) is 10.6. The van der Waals surface area contributed by atoms with Gasteiger partial charge in [-0.25, -0.2) is 9.97 Å². The van der Waals surface area contributed by atoms with Crippen LogP contribution in [0.4, 0.5) is 5.82 Å². The predicted octanol–water partition coefficient (Wildman–Crippen LogP) is 3.78. The standard InChI is InChI=1S/C24H29N5O2/c1-15(2)31-22-12-26-7-5-17(22)14-30-24-23(25)27-11-21(28-24)18-9-16(3)20-6-8-29(4)13-19(20)10-18/h5,7,9-12,15H,6,8,13-14H2,1-4H3,(H2,25,27). The van der Waals surface area contributed by atoms with E-state index >= 15 is 0 Å². The van der Waals surface area contributed by atoms with E-state index in [4.69, 9.17) is 15.2 Å². The molecule has 7 nitrogen and oxygen atoms in total. The number of ether oxygens (including phenoxy) is 2. The highest BCUT2D eigenvalue weighted by molar-refractivity contribution is 5.64. The van der Waals surface area contributed by atoms with Gasteiger partial charge in [0.05, 0.1) is 24.2 Å². The van der Waals surface area contributed by atoms with Gasteiger partial charge >= 0.3 is 0 Å². The van der Waals surface area contributed by atoms with Crippen LogP contribution in [0.2, 0.25) is 0 Å². The van der Waals surface area contributed by atoms with Crippen LogP contribution in [0.1, 0.15) is 36.1 Å². The summed E-state index contributed by atoms with van der Waals surface area (Å²) in [5, 5.41) is 0. The van der Waals surface area contributed by atoms with Gasteiger partial charge in [0.15, 0.2) is 5.82 Å². The maximum atomic E-state index is 6.06. The lowest BCUT2D eigenvalue weighted by atomic mass is 9.92. The second kappa shape index (κ2) is 8.89. The molecule has 0 saturated carbocycles. The third kappa shape index (κ3) is 4.77. The fraction of sp³-hybridized carbons (Fsp3) is 0.375. The highest BCUT2D eigenvalue weighted by atomic mass is 16.5. The van der Waals surface area contributed by atoms with E-state index in [9.17, 15) is 0 Å². The summed E-state index contributed by atoms with van der Waals surface area (Å²) in [5.74, 6) is 1.27. The van der Waals surface area contributed by atoms with E-state index in [2.05, 4.69) is 46.0 Å². The molecule has 31 heavy (non-hydrogen) atoms. The van der Waals surface area contributed by atoms with Crippen molar-refractivity contribution in [3.8, 4) is 22.9 Å². The lowest BCUT2D eigenvalue weighted by molar-refractivity contribution is 0.228. The minimum atomic E-state index is 0.0439. The molecular weight excluding hydrogens is 390 g/mol. The van der Waals surface area contributed by atoms with Crippen molar-refractivity contribution >= 4 is 5.82 Å². The van der Waals surface area contributed by atoms with Crippen LogP contribution < -0.4 is 15.2 Å². The summed E-state index contributed by atoms with van der Waals surface area (Å²) >= 11 is 0. The van der Waals surface area contributed by atoms with Crippen molar-refractivity contribution in [3.05, 3.63) is 59.0 Å².